The normalized spacial score (nSPS) is 10.4. The van der Waals surface area contributed by atoms with Gasteiger partial charge in [0.15, 0.2) is 0 Å². The molecule has 0 saturated heterocycles. The molecule has 0 aliphatic heterocycles. The lowest BCUT2D eigenvalue weighted by Gasteiger charge is -2.00. The Bertz CT molecular complexity index is 503. The van der Waals surface area contributed by atoms with E-state index in [4.69, 9.17) is 0 Å². The molecular formula is C10H8N2O2. The van der Waals surface area contributed by atoms with Crippen molar-refractivity contribution in [1.82, 2.24) is 4.98 Å². The number of benzene rings is 1. The third kappa shape index (κ3) is 1.21. The van der Waals surface area contributed by atoms with Crippen molar-refractivity contribution >= 4 is 16.6 Å². The standard InChI is InChI=1S/C10H8N2O2/c1-7-3-2-4-8-10(7)9(12(13)14)5-6-11-8/h2-6H,1H3. The molecule has 0 unspecified atom stereocenters. The average molecular weight is 188 g/mol. The summed E-state index contributed by atoms with van der Waals surface area (Å²) in [6.07, 6.45) is 1.46. The first-order valence-corrected chi connectivity index (χ1v) is 4.19. The van der Waals surface area contributed by atoms with Gasteiger partial charge < -0.3 is 0 Å². The summed E-state index contributed by atoms with van der Waals surface area (Å²) in [5, 5.41) is 11.4. The molecule has 0 bridgehead atoms. The second-order valence-electron chi connectivity index (χ2n) is 3.06. The van der Waals surface area contributed by atoms with Crippen LogP contribution in [0.3, 0.4) is 0 Å². The molecule has 0 saturated carbocycles. The maximum Gasteiger partial charge on any atom is 0.280 e. The molecule has 2 rings (SSSR count). The van der Waals surface area contributed by atoms with Gasteiger partial charge in [0.2, 0.25) is 0 Å². The number of hydrogen-bond acceptors (Lipinski definition) is 3. The molecule has 0 aliphatic carbocycles. The van der Waals surface area contributed by atoms with Gasteiger partial charge in [-0.2, -0.15) is 0 Å². The molecule has 1 heterocycles. The minimum Gasteiger partial charge on any atom is -0.258 e. The third-order valence-corrected chi connectivity index (χ3v) is 2.15. The van der Waals surface area contributed by atoms with Gasteiger partial charge in [-0.15, -0.1) is 0 Å². The highest BCUT2D eigenvalue weighted by molar-refractivity contribution is 5.90. The van der Waals surface area contributed by atoms with Crippen LogP contribution in [0.15, 0.2) is 30.5 Å². The predicted octanol–water partition coefficient (Wildman–Crippen LogP) is 2.45. The number of hydrogen-bond donors (Lipinski definition) is 0. The summed E-state index contributed by atoms with van der Waals surface area (Å²) in [5.74, 6) is 0. The Kier molecular flexibility index (Phi) is 1.89. The highest BCUT2D eigenvalue weighted by Gasteiger charge is 2.13. The molecule has 1 aromatic heterocycles. The van der Waals surface area contributed by atoms with E-state index in [0.29, 0.717) is 10.9 Å². The van der Waals surface area contributed by atoms with Gasteiger partial charge in [0.1, 0.15) is 0 Å². The van der Waals surface area contributed by atoms with Crippen LogP contribution >= 0.6 is 0 Å². The zero-order chi connectivity index (χ0) is 10.1. The number of nitrogens with zero attached hydrogens (tertiary/aromatic N) is 2. The Balaban J connectivity index is 2.91. The van der Waals surface area contributed by atoms with Crippen molar-refractivity contribution in [2.45, 2.75) is 6.92 Å². The lowest BCUT2D eigenvalue weighted by Crippen LogP contribution is -1.92. The minimum atomic E-state index is -0.378. The van der Waals surface area contributed by atoms with Crippen LogP contribution in [-0.4, -0.2) is 9.91 Å². The summed E-state index contributed by atoms with van der Waals surface area (Å²) in [5.41, 5.74) is 1.66. The Morgan fingerprint density at radius 2 is 2.14 bits per heavy atom. The van der Waals surface area contributed by atoms with Crippen molar-refractivity contribution in [3.05, 3.63) is 46.1 Å². The minimum absolute atomic E-state index is 0.119. The molecule has 0 atom stereocenters. The molecule has 0 amide bonds. The van der Waals surface area contributed by atoms with E-state index in [-0.39, 0.29) is 10.6 Å². The Morgan fingerprint density at radius 3 is 2.86 bits per heavy atom. The molecule has 0 fully saturated rings. The van der Waals surface area contributed by atoms with E-state index in [2.05, 4.69) is 4.98 Å². The number of rotatable bonds is 1. The largest absolute Gasteiger partial charge is 0.280 e. The van der Waals surface area contributed by atoms with Gasteiger partial charge in [-0.3, -0.25) is 15.1 Å². The number of fused-ring (bicyclic) bond motifs is 1. The molecule has 4 nitrogen and oxygen atoms in total. The summed E-state index contributed by atoms with van der Waals surface area (Å²) in [6, 6.07) is 6.88. The van der Waals surface area contributed by atoms with E-state index in [1.54, 1.807) is 6.07 Å². The molecule has 14 heavy (non-hydrogen) atoms. The van der Waals surface area contributed by atoms with Crippen LogP contribution in [0.25, 0.3) is 10.9 Å². The third-order valence-electron chi connectivity index (χ3n) is 2.15. The van der Waals surface area contributed by atoms with Gasteiger partial charge in [0.05, 0.1) is 15.8 Å². The van der Waals surface area contributed by atoms with Gasteiger partial charge >= 0.3 is 0 Å². The summed E-state index contributed by atoms with van der Waals surface area (Å²) < 4.78 is 0. The lowest BCUT2D eigenvalue weighted by atomic mass is 10.1. The van der Waals surface area contributed by atoms with Gasteiger partial charge in [0.25, 0.3) is 5.69 Å². The van der Waals surface area contributed by atoms with Crippen molar-refractivity contribution in [2.75, 3.05) is 0 Å². The molecule has 2 aromatic rings. The van der Waals surface area contributed by atoms with Crippen LogP contribution in [0.1, 0.15) is 5.56 Å². The predicted molar refractivity (Wildman–Crippen MR) is 53.1 cm³/mol. The van der Waals surface area contributed by atoms with E-state index < -0.39 is 0 Å². The second-order valence-corrected chi connectivity index (χ2v) is 3.06. The number of aromatic nitrogens is 1. The fraction of sp³-hybridized carbons (Fsp3) is 0.100. The summed E-state index contributed by atoms with van der Waals surface area (Å²) in [4.78, 5) is 14.4. The monoisotopic (exact) mass is 188 g/mol. The highest BCUT2D eigenvalue weighted by atomic mass is 16.6. The quantitative estimate of drug-likeness (QED) is 0.510. The fourth-order valence-electron chi connectivity index (χ4n) is 1.52. The first-order valence-electron chi connectivity index (χ1n) is 4.19. The van der Waals surface area contributed by atoms with Crippen LogP contribution in [0.4, 0.5) is 5.69 Å². The number of pyridine rings is 1. The first kappa shape index (κ1) is 8.62. The SMILES string of the molecule is Cc1cccc2nccc([N+](=O)[O-])c12. The molecule has 0 radical (unpaired) electrons. The maximum atomic E-state index is 10.7. The van der Waals surface area contributed by atoms with Crippen LogP contribution in [0, 0.1) is 17.0 Å². The van der Waals surface area contributed by atoms with Crippen LogP contribution in [0.2, 0.25) is 0 Å². The van der Waals surface area contributed by atoms with E-state index in [1.807, 2.05) is 19.1 Å². The van der Waals surface area contributed by atoms with Crippen molar-refractivity contribution < 1.29 is 4.92 Å². The molecule has 0 aliphatic rings. The fourth-order valence-corrected chi connectivity index (χ4v) is 1.52. The van der Waals surface area contributed by atoms with Gasteiger partial charge in [-0.05, 0) is 18.6 Å². The second kappa shape index (κ2) is 3.06. The van der Waals surface area contributed by atoms with E-state index >= 15 is 0 Å². The molecule has 1 aromatic carbocycles. The van der Waals surface area contributed by atoms with Crippen LogP contribution in [0.5, 0.6) is 0 Å². The van der Waals surface area contributed by atoms with Crippen molar-refractivity contribution in [3.63, 3.8) is 0 Å². The summed E-state index contributed by atoms with van der Waals surface area (Å²) in [6.45, 7) is 1.84. The van der Waals surface area contributed by atoms with E-state index in [1.165, 1.54) is 12.3 Å². The smallest absolute Gasteiger partial charge is 0.258 e. The van der Waals surface area contributed by atoms with Gasteiger partial charge in [0, 0.05) is 12.3 Å². The Hall–Kier alpha value is -1.97. The van der Waals surface area contributed by atoms with Gasteiger partial charge in [-0.25, -0.2) is 0 Å². The lowest BCUT2D eigenvalue weighted by molar-refractivity contribution is -0.383. The maximum absolute atomic E-state index is 10.7. The summed E-state index contributed by atoms with van der Waals surface area (Å²) in [7, 11) is 0. The zero-order valence-electron chi connectivity index (χ0n) is 7.60. The Labute approximate surface area is 80.4 Å². The van der Waals surface area contributed by atoms with Gasteiger partial charge in [-0.1, -0.05) is 12.1 Å². The molecule has 70 valence electrons. The van der Waals surface area contributed by atoms with Crippen LogP contribution < -0.4 is 0 Å². The molecule has 0 spiro atoms. The highest BCUT2D eigenvalue weighted by Crippen LogP contribution is 2.26. The van der Waals surface area contributed by atoms with Crippen molar-refractivity contribution in [1.29, 1.82) is 0 Å². The van der Waals surface area contributed by atoms with E-state index in [9.17, 15) is 10.1 Å². The first-order chi connectivity index (χ1) is 6.70. The zero-order valence-corrected chi connectivity index (χ0v) is 7.60. The number of aryl methyl sites for hydroxylation is 1. The molecular weight excluding hydrogens is 180 g/mol. The van der Waals surface area contributed by atoms with Crippen molar-refractivity contribution in [2.24, 2.45) is 0 Å². The van der Waals surface area contributed by atoms with E-state index in [0.717, 1.165) is 5.56 Å². The number of nitro groups is 1. The van der Waals surface area contributed by atoms with Crippen LogP contribution in [-0.2, 0) is 0 Å². The molecule has 0 N–H and O–H groups in total. The Morgan fingerprint density at radius 1 is 1.36 bits per heavy atom. The molecule has 4 heteroatoms. The van der Waals surface area contributed by atoms with Crippen molar-refractivity contribution in [3.8, 4) is 0 Å². The summed E-state index contributed by atoms with van der Waals surface area (Å²) >= 11 is 0. The average Bonchev–Trinajstić information content (AvgIpc) is 2.17. The topological polar surface area (TPSA) is 56.0 Å².